The van der Waals surface area contributed by atoms with Crippen molar-refractivity contribution in [2.45, 2.75) is 24.5 Å². The van der Waals surface area contributed by atoms with Gasteiger partial charge in [-0.1, -0.05) is 0 Å². The van der Waals surface area contributed by atoms with Crippen molar-refractivity contribution in [3.8, 4) is 11.3 Å². The van der Waals surface area contributed by atoms with Crippen LogP contribution < -0.4 is 5.73 Å². The van der Waals surface area contributed by atoms with Crippen LogP contribution in [0.25, 0.3) is 22.3 Å². The molecular formula is C14H16N6O4. The molecule has 24 heavy (non-hydrogen) atoms. The van der Waals surface area contributed by atoms with Gasteiger partial charge >= 0.3 is 0 Å². The number of rotatable bonds is 3. The number of ether oxygens (including phenoxy) is 1. The smallest absolute Gasteiger partial charge is 0.164 e. The number of aliphatic hydroxyl groups is 3. The number of hydrogen-bond acceptors (Lipinski definition) is 8. The Hall–Kier alpha value is -2.53. The van der Waals surface area contributed by atoms with Crippen LogP contribution in [0.15, 0.2) is 24.8 Å². The lowest BCUT2D eigenvalue weighted by Crippen LogP contribution is -2.33. The van der Waals surface area contributed by atoms with Gasteiger partial charge in [-0.05, 0) is 6.07 Å². The van der Waals surface area contributed by atoms with Crippen molar-refractivity contribution >= 4 is 16.9 Å². The second kappa shape index (κ2) is 5.53. The third-order valence-electron chi connectivity index (χ3n) is 4.21. The van der Waals surface area contributed by atoms with Crippen LogP contribution in [0, 0.1) is 0 Å². The predicted molar refractivity (Wildman–Crippen MR) is 82.5 cm³/mol. The average Bonchev–Trinajstić information content (AvgIpc) is 3.28. The maximum Gasteiger partial charge on any atom is 0.164 e. The van der Waals surface area contributed by atoms with Crippen molar-refractivity contribution in [1.29, 1.82) is 0 Å². The molecule has 10 nitrogen and oxygen atoms in total. The van der Waals surface area contributed by atoms with E-state index < -0.39 is 31.1 Å². The van der Waals surface area contributed by atoms with Gasteiger partial charge in [-0.2, -0.15) is 5.10 Å². The number of nitrogens with one attached hydrogen (secondary N) is 1. The number of hydrogen-bond donors (Lipinski definition) is 5. The third-order valence-corrected chi connectivity index (χ3v) is 4.21. The Morgan fingerprint density at radius 3 is 2.79 bits per heavy atom. The second-order valence-corrected chi connectivity index (χ2v) is 5.60. The zero-order valence-corrected chi connectivity index (χ0v) is 12.4. The average molecular weight is 332 g/mol. The van der Waals surface area contributed by atoms with Crippen molar-refractivity contribution in [2.24, 2.45) is 0 Å². The molecule has 126 valence electrons. The largest absolute Gasteiger partial charge is 0.394 e. The lowest BCUT2D eigenvalue weighted by atomic mass is 10.1. The van der Waals surface area contributed by atoms with Crippen LogP contribution >= 0.6 is 0 Å². The third kappa shape index (κ3) is 2.08. The summed E-state index contributed by atoms with van der Waals surface area (Å²) < 4.78 is 7.15. The summed E-state index contributed by atoms with van der Waals surface area (Å²) in [5.41, 5.74) is 7.74. The summed E-state index contributed by atoms with van der Waals surface area (Å²) in [5, 5.41) is 37.0. The number of aromatic amines is 1. The Kier molecular flexibility index (Phi) is 3.46. The van der Waals surface area contributed by atoms with Gasteiger partial charge in [0.15, 0.2) is 6.23 Å². The van der Waals surface area contributed by atoms with Crippen molar-refractivity contribution in [2.75, 3.05) is 12.3 Å². The Bertz CT molecular complexity index is 864. The number of H-pyrrole nitrogens is 1. The minimum atomic E-state index is -1.22. The minimum Gasteiger partial charge on any atom is -0.394 e. The van der Waals surface area contributed by atoms with Crippen LogP contribution in [0.1, 0.15) is 6.23 Å². The molecule has 0 aliphatic carbocycles. The lowest BCUT2D eigenvalue weighted by molar-refractivity contribution is -0.0508. The van der Waals surface area contributed by atoms with Gasteiger partial charge in [0, 0.05) is 18.0 Å². The molecule has 0 saturated carbocycles. The fourth-order valence-electron chi connectivity index (χ4n) is 3.02. The number of nitrogen functional groups attached to an aromatic ring is 1. The SMILES string of the molecule is Nc1ncnc2c1c(-c1cc[nH]n1)cn2[C@@H]1O[C@H](CO)C(O)[C@@H]1O. The normalized spacial score (nSPS) is 27.1. The maximum absolute atomic E-state index is 10.3. The summed E-state index contributed by atoms with van der Waals surface area (Å²) in [6.45, 7) is -0.405. The quantitative estimate of drug-likeness (QED) is 0.409. The summed E-state index contributed by atoms with van der Waals surface area (Å²) in [6, 6.07) is 1.77. The van der Waals surface area contributed by atoms with E-state index in [0.29, 0.717) is 22.3 Å². The number of anilines is 1. The first-order valence-electron chi connectivity index (χ1n) is 7.35. The van der Waals surface area contributed by atoms with Gasteiger partial charge in [-0.25, -0.2) is 9.97 Å². The molecule has 1 aliphatic heterocycles. The highest BCUT2D eigenvalue weighted by atomic mass is 16.6. The summed E-state index contributed by atoms with van der Waals surface area (Å²) in [4.78, 5) is 8.23. The molecule has 10 heteroatoms. The molecule has 0 amide bonds. The first-order chi connectivity index (χ1) is 11.6. The molecule has 3 aromatic heterocycles. The molecule has 0 aromatic carbocycles. The van der Waals surface area contributed by atoms with E-state index in [1.807, 2.05) is 0 Å². The Morgan fingerprint density at radius 2 is 2.12 bits per heavy atom. The Morgan fingerprint density at radius 1 is 1.29 bits per heavy atom. The van der Waals surface area contributed by atoms with Crippen LogP contribution in [0.3, 0.4) is 0 Å². The monoisotopic (exact) mass is 332 g/mol. The molecule has 1 aliphatic rings. The molecule has 1 saturated heterocycles. The lowest BCUT2D eigenvalue weighted by Gasteiger charge is -2.17. The van der Waals surface area contributed by atoms with E-state index in [9.17, 15) is 15.3 Å². The second-order valence-electron chi connectivity index (χ2n) is 5.60. The molecule has 3 aromatic rings. The number of fused-ring (bicyclic) bond motifs is 1. The molecule has 4 heterocycles. The van der Waals surface area contributed by atoms with Crippen LogP contribution in [0.4, 0.5) is 5.82 Å². The van der Waals surface area contributed by atoms with Gasteiger partial charge < -0.3 is 30.4 Å². The fraction of sp³-hybridized carbons (Fsp3) is 0.357. The van der Waals surface area contributed by atoms with Gasteiger partial charge in [0.1, 0.15) is 36.1 Å². The highest BCUT2D eigenvalue weighted by Gasteiger charge is 2.44. The van der Waals surface area contributed by atoms with Crippen molar-refractivity contribution < 1.29 is 20.1 Å². The zero-order chi connectivity index (χ0) is 16.8. The van der Waals surface area contributed by atoms with Crippen LogP contribution in [-0.4, -0.2) is 65.0 Å². The minimum absolute atomic E-state index is 0.267. The molecule has 4 atom stereocenters. The van der Waals surface area contributed by atoms with Crippen molar-refractivity contribution in [3.05, 3.63) is 24.8 Å². The van der Waals surface area contributed by atoms with Crippen molar-refractivity contribution in [1.82, 2.24) is 24.7 Å². The molecule has 0 bridgehead atoms. The number of aromatic nitrogens is 5. The first-order valence-corrected chi connectivity index (χ1v) is 7.35. The summed E-state index contributed by atoms with van der Waals surface area (Å²) >= 11 is 0. The highest BCUT2D eigenvalue weighted by Crippen LogP contribution is 2.37. The fourth-order valence-corrected chi connectivity index (χ4v) is 3.02. The molecule has 1 unspecified atom stereocenters. The van der Waals surface area contributed by atoms with E-state index in [2.05, 4.69) is 20.2 Å². The topological polar surface area (TPSA) is 155 Å². The van der Waals surface area contributed by atoms with Crippen LogP contribution in [0.2, 0.25) is 0 Å². The molecular weight excluding hydrogens is 316 g/mol. The van der Waals surface area contributed by atoms with Gasteiger partial charge in [-0.15, -0.1) is 0 Å². The van der Waals surface area contributed by atoms with Gasteiger partial charge in [0.2, 0.25) is 0 Å². The van der Waals surface area contributed by atoms with Crippen molar-refractivity contribution in [3.63, 3.8) is 0 Å². The summed E-state index contributed by atoms with van der Waals surface area (Å²) in [6.07, 6.45) is 0.449. The van der Waals surface area contributed by atoms with E-state index in [0.717, 1.165) is 0 Å². The van der Waals surface area contributed by atoms with E-state index in [1.54, 1.807) is 23.0 Å². The Labute approximate surface area is 135 Å². The number of aliphatic hydroxyl groups excluding tert-OH is 3. The highest BCUT2D eigenvalue weighted by molar-refractivity contribution is 5.99. The maximum atomic E-state index is 10.3. The molecule has 0 radical (unpaired) electrons. The predicted octanol–water partition coefficient (Wildman–Crippen LogP) is -0.985. The van der Waals surface area contributed by atoms with E-state index in [4.69, 9.17) is 10.5 Å². The Balaban J connectivity index is 1.90. The molecule has 0 spiro atoms. The van der Waals surface area contributed by atoms with E-state index in [1.165, 1.54) is 6.33 Å². The number of nitrogens with two attached hydrogens (primary N) is 1. The van der Waals surface area contributed by atoms with Gasteiger partial charge in [0.05, 0.1) is 17.7 Å². The molecule has 4 rings (SSSR count). The molecule has 6 N–H and O–H groups in total. The van der Waals surface area contributed by atoms with Crippen LogP contribution in [-0.2, 0) is 4.74 Å². The summed E-state index contributed by atoms with van der Waals surface area (Å²) in [7, 11) is 0. The number of nitrogens with zero attached hydrogens (tertiary/aromatic N) is 4. The van der Waals surface area contributed by atoms with Gasteiger partial charge in [-0.3, -0.25) is 5.10 Å². The summed E-state index contributed by atoms with van der Waals surface area (Å²) in [5.74, 6) is 0.267. The standard InChI is InChI=1S/C14H16N6O4/c15-12-9-6(7-1-2-18-19-7)3-20(13(9)17-5-16-12)14-11(23)10(22)8(4-21)24-14/h1-3,5,8,10-11,14,21-23H,4H2,(H,18,19)(H2,15,16,17)/t8-,10?,11+,14-/m1/s1. The van der Waals surface area contributed by atoms with E-state index >= 15 is 0 Å². The van der Waals surface area contributed by atoms with Gasteiger partial charge in [0.25, 0.3) is 0 Å². The van der Waals surface area contributed by atoms with Crippen LogP contribution in [0.5, 0.6) is 0 Å². The first kappa shape index (κ1) is 15.0. The zero-order valence-electron chi connectivity index (χ0n) is 12.4. The van der Waals surface area contributed by atoms with E-state index in [-0.39, 0.29) is 5.82 Å². The molecule has 1 fully saturated rings.